The number of imidazole rings is 1. The summed E-state index contributed by atoms with van der Waals surface area (Å²) in [5.74, 6) is 0. The number of benzene rings is 1. The van der Waals surface area contributed by atoms with E-state index in [9.17, 15) is 5.11 Å². The Balaban J connectivity index is 1.63. The van der Waals surface area contributed by atoms with Gasteiger partial charge in [0.05, 0.1) is 6.33 Å². The summed E-state index contributed by atoms with van der Waals surface area (Å²) in [6, 6.07) is 12.5. The highest BCUT2D eigenvalue weighted by atomic mass is 32.1. The molecule has 1 aromatic carbocycles. The quantitative estimate of drug-likeness (QED) is 0.728. The first kappa shape index (κ1) is 15.9. The highest BCUT2D eigenvalue weighted by molar-refractivity contribution is 7.10. The van der Waals surface area contributed by atoms with Gasteiger partial charge in [-0.3, -0.25) is 0 Å². The average molecular weight is 327 g/mol. The summed E-state index contributed by atoms with van der Waals surface area (Å²) >= 11 is 1.58. The van der Waals surface area contributed by atoms with Crippen LogP contribution in [0.4, 0.5) is 0 Å². The van der Waals surface area contributed by atoms with Crippen LogP contribution >= 0.6 is 11.3 Å². The molecule has 0 saturated heterocycles. The van der Waals surface area contributed by atoms with Crippen molar-refractivity contribution in [1.29, 1.82) is 0 Å². The van der Waals surface area contributed by atoms with E-state index < -0.39 is 5.60 Å². The van der Waals surface area contributed by atoms with Crippen molar-refractivity contribution in [2.45, 2.75) is 25.5 Å². The summed E-state index contributed by atoms with van der Waals surface area (Å²) in [4.78, 5) is 5.04. The van der Waals surface area contributed by atoms with Crippen molar-refractivity contribution in [2.24, 2.45) is 0 Å². The maximum Gasteiger partial charge on any atom is 0.108 e. The third-order valence-electron chi connectivity index (χ3n) is 4.00. The van der Waals surface area contributed by atoms with Crippen LogP contribution in [0.15, 0.2) is 60.5 Å². The van der Waals surface area contributed by atoms with Crippen molar-refractivity contribution in [3.05, 3.63) is 70.9 Å². The van der Waals surface area contributed by atoms with Gasteiger partial charge in [0.2, 0.25) is 0 Å². The molecule has 2 N–H and O–H groups in total. The van der Waals surface area contributed by atoms with Gasteiger partial charge in [0.15, 0.2) is 0 Å². The Morgan fingerprint density at radius 2 is 2.09 bits per heavy atom. The van der Waals surface area contributed by atoms with Gasteiger partial charge < -0.3 is 15.0 Å². The molecular weight excluding hydrogens is 306 g/mol. The molecule has 0 bridgehead atoms. The Bertz CT molecular complexity index is 718. The van der Waals surface area contributed by atoms with Crippen LogP contribution in [0, 0.1) is 0 Å². The van der Waals surface area contributed by atoms with Gasteiger partial charge in [-0.05, 0) is 43.0 Å². The molecule has 5 heteroatoms. The second-order valence-corrected chi connectivity index (χ2v) is 6.86. The molecular formula is C18H21N3OS. The van der Waals surface area contributed by atoms with E-state index >= 15 is 0 Å². The normalized spacial score (nSPS) is 15.3. The van der Waals surface area contributed by atoms with E-state index in [0.29, 0.717) is 6.54 Å². The third-order valence-corrected chi connectivity index (χ3v) is 5.12. The fraction of sp³-hybridized carbons (Fsp3) is 0.278. The van der Waals surface area contributed by atoms with E-state index in [-0.39, 0.29) is 6.04 Å². The summed E-state index contributed by atoms with van der Waals surface area (Å²) in [7, 11) is 0. The molecule has 0 aliphatic carbocycles. The number of hydrogen-bond donors (Lipinski definition) is 2. The molecule has 0 unspecified atom stereocenters. The van der Waals surface area contributed by atoms with E-state index in [1.54, 1.807) is 23.9 Å². The molecule has 2 aromatic heterocycles. The molecule has 4 nitrogen and oxygen atoms in total. The van der Waals surface area contributed by atoms with Crippen molar-refractivity contribution in [1.82, 2.24) is 14.9 Å². The second kappa shape index (κ2) is 6.66. The molecule has 23 heavy (non-hydrogen) atoms. The SMILES string of the molecule is C[C@H](NC[C@](C)(O)c1cccs1)c1ccc(-n2ccnc2)cc1. The van der Waals surface area contributed by atoms with Gasteiger partial charge in [-0.15, -0.1) is 11.3 Å². The smallest absolute Gasteiger partial charge is 0.108 e. The lowest BCUT2D eigenvalue weighted by molar-refractivity contribution is 0.0581. The number of thiophene rings is 1. The Morgan fingerprint density at radius 3 is 2.70 bits per heavy atom. The van der Waals surface area contributed by atoms with Crippen molar-refractivity contribution < 1.29 is 5.11 Å². The maximum absolute atomic E-state index is 10.6. The molecule has 0 amide bonds. The van der Waals surface area contributed by atoms with Gasteiger partial charge in [0.25, 0.3) is 0 Å². The average Bonchev–Trinajstić information content (AvgIpc) is 3.26. The standard InChI is InChI=1S/C18H21N3OS/c1-14(20-12-18(2,22)17-4-3-11-23-17)15-5-7-16(8-6-15)21-10-9-19-13-21/h3-11,13-14,20,22H,12H2,1-2H3/t14-,18-/m0/s1. The number of nitrogens with one attached hydrogen (secondary N) is 1. The summed E-state index contributed by atoms with van der Waals surface area (Å²) in [5, 5.41) is 16.0. The van der Waals surface area contributed by atoms with Crippen LogP contribution in [-0.2, 0) is 5.60 Å². The molecule has 0 fully saturated rings. The fourth-order valence-electron chi connectivity index (χ4n) is 2.49. The largest absolute Gasteiger partial charge is 0.383 e. The first-order valence-corrected chi connectivity index (χ1v) is 8.52. The summed E-state index contributed by atoms with van der Waals surface area (Å²) in [5.41, 5.74) is 1.43. The van der Waals surface area contributed by atoms with Crippen LogP contribution < -0.4 is 5.32 Å². The highest BCUT2D eigenvalue weighted by Gasteiger charge is 2.24. The molecule has 2 atom stereocenters. The molecule has 3 rings (SSSR count). The summed E-state index contributed by atoms with van der Waals surface area (Å²) < 4.78 is 1.98. The molecule has 2 heterocycles. The van der Waals surface area contributed by atoms with E-state index in [1.807, 2.05) is 35.2 Å². The van der Waals surface area contributed by atoms with Crippen molar-refractivity contribution >= 4 is 11.3 Å². The predicted octanol–water partition coefficient (Wildman–Crippen LogP) is 3.49. The van der Waals surface area contributed by atoms with Crippen LogP contribution in [0.2, 0.25) is 0 Å². The zero-order valence-corrected chi connectivity index (χ0v) is 14.1. The lowest BCUT2D eigenvalue weighted by atomic mass is 10.0. The zero-order valence-electron chi connectivity index (χ0n) is 13.3. The third kappa shape index (κ3) is 3.69. The van der Waals surface area contributed by atoms with E-state index in [1.165, 1.54) is 5.56 Å². The second-order valence-electron chi connectivity index (χ2n) is 5.92. The van der Waals surface area contributed by atoms with Crippen molar-refractivity contribution in [2.75, 3.05) is 6.54 Å². The van der Waals surface area contributed by atoms with Crippen LogP contribution in [0.1, 0.15) is 30.3 Å². The summed E-state index contributed by atoms with van der Waals surface area (Å²) in [6.45, 7) is 4.47. The molecule has 0 spiro atoms. The van der Waals surface area contributed by atoms with Crippen molar-refractivity contribution in [3.63, 3.8) is 0 Å². The minimum atomic E-state index is -0.848. The van der Waals surface area contributed by atoms with Gasteiger partial charge in [-0.2, -0.15) is 0 Å². The van der Waals surface area contributed by atoms with Crippen LogP contribution in [0.3, 0.4) is 0 Å². The fourth-order valence-corrected chi connectivity index (χ4v) is 3.28. The molecule has 0 aliphatic rings. The summed E-state index contributed by atoms with van der Waals surface area (Å²) in [6.07, 6.45) is 5.48. The number of rotatable bonds is 6. The Labute approximate surface area is 140 Å². The predicted molar refractivity (Wildman–Crippen MR) is 93.9 cm³/mol. The van der Waals surface area contributed by atoms with Crippen LogP contribution in [0.5, 0.6) is 0 Å². The monoisotopic (exact) mass is 327 g/mol. The zero-order chi connectivity index (χ0) is 16.3. The topological polar surface area (TPSA) is 50.1 Å². The van der Waals surface area contributed by atoms with Gasteiger partial charge in [0, 0.05) is 35.5 Å². The van der Waals surface area contributed by atoms with Gasteiger partial charge in [0.1, 0.15) is 5.60 Å². The highest BCUT2D eigenvalue weighted by Crippen LogP contribution is 2.25. The number of aromatic nitrogens is 2. The molecule has 3 aromatic rings. The van der Waals surface area contributed by atoms with Crippen molar-refractivity contribution in [3.8, 4) is 5.69 Å². The minimum Gasteiger partial charge on any atom is -0.383 e. The Hall–Kier alpha value is -1.95. The number of aliphatic hydroxyl groups is 1. The Kier molecular flexibility index (Phi) is 4.61. The van der Waals surface area contributed by atoms with Crippen LogP contribution in [0.25, 0.3) is 5.69 Å². The first-order chi connectivity index (χ1) is 11.1. The van der Waals surface area contributed by atoms with E-state index in [0.717, 1.165) is 10.6 Å². The van der Waals surface area contributed by atoms with Gasteiger partial charge in [-0.1, -0.05) is 18.2 Å². The van der Waals surface area contributed by atoms with Gasteiger partial charge >= 0.3 is 0 Å². The van der Waals surface area contributed by atoms with E-state index in [4.69, 9.17) is 0 Å². The first-order valence-electron chi connectivity index (χ1n) is 7.64. The molecule has 0 aliphatic heterocycles. The lowest BCUT2D eigenvalue weighted by Crippen LogP contribution is -2.36. The van der Waals surface area contributed by atoms with E-state index in [2.05, 4.69) is 41.5 Å². The van der Waals surface area contributed by atoms with Crippen LogP contribution in [-0.4, -0.2) is 21.2 Å². The minimum absolute atomic E-state index is 0.165. The number of hydrogen-bond acceptors (Lipinski definition) is 4. The lowest BCUT2D eigenvalue weighted by Gasteiger charge is -2.25. The number of nitrogens with zero attached hydrogens (tertiary/aromatic N) is 2. The molecule has 0 saturated carbocycles. The molecule has 120 valence electrons. The van der Waals surface area contributed by atoms with Gasteiger partial charge in [-0.25, -0.2) is 4.98 Å². The maximum atomic E-state index is 10.6. The Morgan fingerprint density at radius 1 is 1.30 bits per heavy atom. The molecule has 0 radical (unpaired) electrons.